The molecule has 0 aliphatic heterocycles. The van der Waals surface area contributed by atoms with Gasteiger partial charge >= 0.3 is 0 Å². The van der Waals surface area contributed by atoms with Crippen LogP contribution in [0.25, 0.3) is 0 Å². The summed E-state index contributed by atoms with van der Waals surface area (Å²) in [6, 6.07) is 14.5. The van der Waals surface area contributed by atoms with Crippen LogP contribution in [0.1, 0.15) is 37.8 Å². The standard InChI is InChI=1S/C18H22BrNO/c1-12(2)17-11-15(19)6-9-18(17)21-16-7-4-14(5-8-16)10-13(3)20/h4-9,11-13H,10,20H2,1-3H3. The van der Waals surface area contributed by atoms with Gasteiger partial charge in [0.15, 0.2) is 0 Å². The summed E-state index contributed by atoms with van der Waals surface area (Å²) in [4.78, 5) is 0. The molecule has 1 atom stereocenters. The summed E-state index contributed by atoms with van der Waals surface area (Å²) in [6.45, 7) is 6.35. The third-order valence-corrected chi connectivity index (χ3v) is 3.80. The third kappa shape index (κ3) is 4.58. The molecule has 0 heterocycles. The Morgan fingerprint density at radius 3 is 2.29 bits per heavy atom. The van der Waals surface area contributed by atoms with Gasteiger partial charge in [0, 0.05) is 10.5 Å². The molecule has 3 heteroatoms. The highest BCUT2D eigenvalue weighted by Gasteiger charge is 2.09. The summed E-state index contributed by atoms with van der Waals surface area (Å²) >= 11 is 3.52. The average molecular weight is 348 g/mol. The smallest absolute Gasteiger partial charge is 0.130 e. The Morgan fingerprint density at radius 2 is 1.71 bits per heavy atom. The molecular formula is C18H22BrNO. The van der Waals surface area contributed by atoms with Gasteiger partial charge in [0.05, 0.1) is 0 Å². The van der Waals surface area contributed by atoms with E-state index in [1.165, 1.54) is 11.1 Å². The molecule has 0 saturated carbocycles. The van der Waals surface area contributed by atoms with Gasteiger partial charge in [0.1, 0.15) is 11.5 Å². The predicted octanol–water partition coefficient (Wildman–Crippen LogP) is 5.25. The van der Waals surface area contributed by atoms with Crippen molar-refractivity contribution in [2.24, 2.45) is 5.73 Å². The van der Waals surface area contributed by atoms with Gasteiger partial charge in [0.2, 0.25) is 0 Å². The number of rotatable bonds is 5. The van der Waals surface area contributed by atoms with E-state index in [2.05, 4.69) is 48.0 Å². The van der Waals surface area contributed by atoms with Crippen molar-refractivity contribution >= 4 is 15.9 Å². The first-order valence-corrected chi connectivity index (χ1v) is 8.07. The van der Waals surface area contributed by atoms with Crippen molar-refractivity contribution in [2.45, 2.75) is 39.2 Å². The summed E-state index contributed by atoms with van der Waals surface area (Å²) in [6.07, 6.45) is 0.885. The zero-order valence-electron chi connectivity index (χ0n) is 12.8. The van der Waals surface area contributed by atoms with Crippen LogP contribution in [0.4, 0.5) is 0 Å². The molecule has 2 nitrogen and oxygen atoms in total. The zero-order chi connectivity index (χ0) is 15.4. The highest BCUT2D eigenvalue weighted by molar-refractivity contribution is 9.10. The molecule has 2 rings (SSSR count). The first kappa shape index (κ1) is 16.1. The molecule has 2 aromatic carbocycles. The van der Waals surface area contributed by atoms with Crippen molar-refractivity contribution < 1.29 is 4.74 Å². The number of halogens is 1. The van der Waals surface area contributed by atoms with Crippen molar-refractivity contribution in [3.8, 4) is 11.5 Å². The molecule has 2 aromatic rings. The van der Waals surface area contributed by atoms with Gasteiger partial charge in [-0.25, -0.2) is 0 Å². The van der Waals surface area contributed by atoms with E-state index in [0.29, 0.717) is 5.92 Å². The molecule has 0 spiro atoms. The fraction of sp³-hybridized carbons (Fsp3) is 0.333. The van der Waals surface area contributed by atoms with Crippen LogP contribution in [-0.4, -0.2) is 6.04 Å². The van der Waals surface area contributed by atoms with Gasteiger partial charge in [-0.05, 0) is 60.7 Å². The van der Waals surface area contributed by atoms with Crippen LogP contribution in [0.15, 0.2) is 46.9 Å². The average Bonchev–Trinajstić information content (AvgIpc) is 2.42. The maximum absolute atomic E-state index is 6.03. The summed E-state index contributed by atoms with van der Waals surface area (Å²) < 4.78 is 7.11. The molecule has 0 fully saturated rings. The molecule has 0 amide bonds. The molecule has 21 heavy (non-hydrogen) atoms. The Hall–Kier alpha value is -1.32. The van der Waals surface area contributed by atoms with Crippen LogP contribution in [0.3, 0.4) is 0 Å². The van der Waals surface area contributed by atoms with Crippen molar-refractivity contribution in [3.63, 3.8) is 0 Å². The number of nitrogens with two attached hydrogens (primary N) is 1. The van der Waals surface area contributed by atoms with Crippen LogP contribution in [0.5, 0.6) is 11.5 Å². The van der Waals surface area contributed by atoms with E-state index in [1.807, 2.05) is 31.2 Å². The van der Waals surface area contributed by atoms with Gasteiger partial charge in [-0.1, -0.05) is 41.9 Å². The summed E-state index contributed by atoms with van der Waals surface area (Å²) in [5, 5.41) is 0. The lowest BCUT2D eigenvalue weighted by Gasteiger charge is -2.14. The first-order valence-electron chi connectivity index (χ1n) is 7.27. The molecule has 0 aromatic heterocycles. The minimum atomic E-state index is 0.177. The van der Waals surface area contributed by atoms with Crippen LogP contribution >= 0.6 is 15.9 Å². The summed E-state index contributed by atoms with van der Waals surface area (Å²) in [5.74, 6) is 2.18. The predicted molar refractivity (Wildman–Crippen MR) is 92.1 cm³/mol. The van der Waals surface area contributed by atoms with E-state index >= 15 is 0 Å². The fourth-order valence-electron chi connectivity index (χ4n) is 2.26. The monoisotopic (exact) mass is 347 g/mol. The van der Waals surface area contributed by atoms with E-state index in [9.17, 15) is 0 Å². The topological polar surface area (TPSA) is 35.2 Å². The zero-order valence-corrected chi connectivity index (χ0v) is 14.4. The molecule has 0 bridgehead atoms. The lowest BCUT2D eigenvalue weighted by Crippen LogP contribution is -2.17. The number of hydrogen-bond donors (Lipinski definition) is 1. The highest BCUT2D eigenvalue weighted by Crippen LogP contribution is 2.32. The van der Waals surface area contributed by atoms with Gasteiger partial charge in [-0.2, -0.15) is 0 Å². The largest absolute Gasteiger partial charge is 0.457 e. The molecule has 1 unspecified atom stereocenters. The molecule has 0 radical (unpaired) electrons. The van der Waals surface area contributed by atoms with Crippen LogP contribution in [0.2, 0.25) is 0 Å². The van der Waals surface area contributed by atoms with Crippen molar-refractivity contribution in [1.82, 2.24) is 0 Å². The summed E-state index contributed by atoms with van der Waals surface area (Å²) in [7, 11) is 0. The molecule has 0 aliphatic rings. The lowest BCUT2D eigenvalue weighted by molar-refractivity contribution is 0.472. The third-order valence-electron chi connectivity index (χ3n) is 3.30. The Kier molecular flexibility index (Phi) is 5.43. The van der Waals surface area contributed by atoms with E-state index in [1.54, 1.807) is 0 Å². The van der Waals surface area contributed by atoms with Gasteiger partial charge in [-0.15, -0.1) is 0 Å². The van der Waals surface area contributed by atoms with Crippen molar-refractivity contribution in [3.05, 3.63) is 58.1 Å². The Labute approximate surface area is 135 Å². The van der Waals surface area contributed by atoms with Gasteiger partial charge < -0.3 is 10.5 Å². The van der Waals surface area contributed by atoms with E-state index in [-0.39, 0.29) is 6.04 Å². The van der Waals surface area contributed by atoms with E-state index in [4.69, 9.17) is 10.5 Å². The van der Waals surface area contributed by atoms with Gasteiger partial charge in [0.25, 0.3) is 0 Å². The van der Waals surface area contributed by atoms with Crippen LogP contribution < -0.4 is 10.5 Å². The fourth-order valence-corrected chi connectivity index (χ4v) is 2.63. The number of benzene rings is 2. The Morgan fingerprint density at radius 1 is 1.05 bits per heavy atom. The lowest BCUT2D eigenvalue weighted by atomic mass is 10.0. The molecule has 0 saturated heterocycles. The van der Waals surface area contributed by atoms with E-state index < -0.39 is 0 Å². The second-order valence-electron chi connectivity index (χ2n) is 5.76. The van der Waals surface area contributed by atoms with Crippen LogP contribution in [0, 0.1) is 0 Å². The molecule has 112 valence electrons. The second kappa shape index (κ2) is 7.10. The first-order chi connectivity index (χ1) is 9.95. The van der Waals surface area contributed by atoms with E-state index in [0.717, 1.165) is 22.4 Å². The van der Waals surface area contributed by atoms with Crippen molar-refractivity contribution in [1.29, 1.82) is 0 Å². The van der Waals surface area contributed by atoms with Crippen molar-refractivity contribution in [2.75, 3.05) is 0 Å². The summed E-state index contributed by atoms with van der Waals surface area (Å²) in [5.41, 5.74) is 8.25. The minimum absolute atomic E-state index is 0.177. The number of ether oxygens (including phenoxy) is 1. The maximum Gasteiger partial charge on any atom is 0.130 e. The Bertz CT molecular complexity index is 591. The second-order valence-corrected chi connectivity index (χ2v) is 6.68. The van der Waals surface area contributed by atoms with Gasteiger partial charge in [-0.3, -0.25) is 0 Å². The molecule has 0 aliphatic carbocycles. The quantitative estimate of drug-likeness (QED) is 0.800. The molecule has 2 N–H and O–H groups in total. The highest BCUT2D eigenvalue weighted by atomic mass is 79.9. The number of hydrogen-bond acceptors (Lipinski definition) is 2. The maximum atomic E-state index is 6.03. The normalized spacial score (nSPS) is 12.5. The van der Waals surface area contributed by atoms with Crippen LogP contribution in [-0.2, 0) is 6.42 Å². The SMILES string of the molecule is CC(N)Cc1ccc(Oc2ccc(Br)cc2C(C)C)cc1. The minimum Gasteiger partial charge on any atom is -0.457 e. The molecular weight excluding hydrogens is 326 g/mol. The Balaban J connectivity index is 2.18.